The second-order valence-corrected chi connectivity index (χ2v) is 1.29. The molecule has 0 spiro atoms. The van der Waals surface area contributed by atoms with Gasteiger partial charge in [-0.25, -0.2) is 0 Å². The summed E-state index contributed by atoms with van der Waals surface area (Å²) < 4.78 is 0. The van der Waals surface area contributed by atoms with Crippen molar-refractivity contribution in [2.24, 2.45) is 0 Å². The van der Waals surface area contributed by atoms with E-state index in [9.17, 15) is 0 Å². The number of unbranched alkanes of at least 4 members (excludes halogenated alkanes) is 1. The van der Waals surface area contributed by atoms with E-state index in [1.165, 1.54) is 12.8 Å². The smallest absolute Gasteiger partial charge is 0.00297 e. The molecule has 0 aromatic heterocycles. The van der Waals surface area contributed by atoms with Crippen molar-refractivity contribution in [2.45, 2.75) is 117 Å². The van der Waals surface area contributed by atoms with Gasteiger partial charge in [0.15, 0.2) is 0 Å². The molecule has 0 saturated carbocycles. The van der Waals surface area contributed by atoms with Gasteiger partial charge in [-0.2, -0.15) is 0 Å². The van der Waals surface area contributed by atoms with Crippen LogP contribution in [0, 0.1) is 12.3 Å². The molecule has 0 heteroatoms. The van der Waals surface area contributed by atoms with E-state index in [2.05, 4.69) is 26.2 Å². The summed E-state index contributed by atoms with van der Waals surface area (Å²) in [5.41, 5.74) is 0. The SMILES string of the molecule is C#CC.CC.CC.CC.CC.CC.CC.CCCC. The lowest BCUT2D eigenvalue weighted by Gasteiger charge is -1.68. The van der Waals surface area contributed by atoms with Crippen molar-refractivity contribution >= 4 is 0 Å². The summed E-state index contributed by atoms with van der Waals surface area (Å²) in [6, 6.07) is 0. The average Bonchev–Trinajstić information content (AvgIpc) is 2.59. The third kappa shape index (κ3) is 13600. The normalized spacial score (nSPS) is 3.89. The Kier molecular flexibility index (Phi) is 1980. The summed E-state index contributed by atoms with van der Waals surface area (Å²) in [6.07, 6.45) is 7.24. The highest BCUT2D eigenvalue weighted by Crippen LogP contribution is 1.76. The summed E-state index contributed by atoms with van der Waals surface area (Å²) in [5, 5.41) is 0. The second-order valence-electron chi connectivity index (χ2n) is 1.29. The number of hydrogen-bond donors (Lipinski definition) is 0. The zero-order valence-corrected chi connectivity index (χ0v) is 17.5. The summed E-state index contributed by atoms with van der Waals surface area (Å²) >= 11 is 0. The Morgan fingerprint density at radius 2 is 0.579 bits per heavy atom. The maximum absolute atomic E-state index is 4.60. The van der Waals surface area contributed by atoms with Crippen LogP contribution in [-0.2, 0) is 0 Å². The van der Waals surface area contributed by atoms with Crippen LogP contribution < -0.4 is 0 Å². The van der Waals surface area contributed by atoms with Gasteiger partial charge in [0.2, 0.25) is 0 Å². The van der Waals surface area contributed by atoms with Crippen molar-refractivity contribution in [1.82, 2.24) is 0 Å². The fraction of sp³-hybridized carbons (Fsp3) is 0.895. The van der Waals surface area contributed by atoms with Crippen LogP contribution in [0.15, 0.2) is 0 Å². The van der Waals surface area contributed by atoms with Crippen molar-refractivity contribution in [3.8, 4) is 12.3 Å². The second kappa shape index (κ2) is 735. The van der Waals surface area contributed by atoms with Crippen LogP contribution >= 0.6 is 0 Å². The molecule has 0 rings (SSSR count). The largest absolute Gasteiger partial charge is 0.120 e. The average molecular weight is 279 g/mol. The minimum Gasteiger partial charge on any atom is -0.120 e. The van der Waals surface area contributed by atoms with E-state index in [0.29, 0.717) is 0 Å². The van der Waals surface area contributed by atoms with Crippen molar-refractivity contribution < 1.29 is 0 Å². The van der Waals surface area contributed by atoms with E-state index >= 15 is 0 Å². The molecule has 0 amide bonds. The lowest BCUT2D eigenvalue weighted by molar-refractivity contribution is 0.886. The molecule has 0 bridgehead atoms. The molecule has 126 valence electrons. The molecule has 0 aliphatic heterocycles. The molecule has 0 aromatic rings. The minimum atomic E-state index is 1.32. The molecular formula is C19H50. The van der Waals surface area contributed by atoms with Crippen LogP contribution in [0.4, 0.5) is 0 Å². The highest BCUT2D eigenvalue weighted by molar-refractivity contribution is 4.73. The van der Waals surface area contributed by atoms with E-state index in [4.69, 9.17) is 0 Å². The first-order chi connectivity index (χ1) is 9.33. The van der Waals surface area contributed by atoms with Gasteiger partial charge >= 0.3 is 0 Å². The van der Waals surface area contributed by atoms with Crippen LogP contribution in [-0.4, -0.2) is 0 Å². The molecule has 0 atom stereocenters. The molecule has 0 N–H and O–H groups in total. The lowest BCUT2D eigenvalue weighted by atomic mass is 10.4. The van der Waals surface area contributed by atoms with Crippen molar-refractivity contribution in [3.63, 3.8) is 0 Å². The van der Waals surface area contributed by atoms with E-state index in [1.807, 2.05) is 83.1 Å². The van der Waals surface area contributed by atoms with Gasteiger partial charge in [0, 0.05) is 0 Å². The van der Waals surface area contributed by atoms with Crippen LogP contribution in [0.1, 0.15) is 117 Å². The van der Waals surface area contributed by atoms with Crippen LogP contribution in [0.3, 0.4) is 0 Å². The van der Waals surface area contributed by atoms with Gasteiger partial charge in [0.25, 0.3) is 0 Å². The van der Waals surface area contributed by atoms with Gasteiger partial charge in [-0.1, -0.05) is 110 Å². The molecule has 0 unspecified atom stereocenters. The zero-order chi connectivity index (χ0) is 18.1. The van der Waals surface area contributed by atoms with Gasteiger partial charge in [-0.3, -0.25) is 0 Å². The quantitative estimate of drug-likeness (QED) is 0.421. The van der Waals surface area contributed by atoms with Crippen molar-refractivity contribution in [3.05, 3.63) is 0 Å². The Morgan fingerprint density at radius 1 is 0.526 bits per heavy atom. The van der Waals surface area contributed by atoms with E-state index in [-0.39, 0.29) is 0 Å². The standard InChI is InChI=1S/C4H10.C3H4.6C2H6/c1-3-4-2;1-3-2;6*1-2/h3-4H2,1-2H3;1H,2H3;6*1-2H3. The molecule has 0 nitrogen and oxygen atoms in total. The van der Waals surface area contributed by atoms with Gasteiger partial charge in [-0.05, 0) is 6.92 Å². The molecular weight excluding hydrogens is 228 g/mol. The van der Waals surface area contributed by atoms with E-state index < -0.39 is 0 Å². The maximum Gasteiger partial charge on any atom is -0.00297 e. The third-order valence-corrected chi connectivity index (χ3v) is 0.500. The molecule has 0 radical (unpaired) electrons. The lowest BCUT2D eigenvalue weighted by Crippen LogP contribution is -1.47. The monoisotopic (exact) mass is 278 g/mol. The number of rotatable bonds is 1. The predicted octanol–water partition coefficient (Wildman–Crippen LogP) is 8.60. The Morgan fingerprint density at radius 3 is 0.579 bits per heavy atom. The molecule has 0 aromatic carbocycles. The number of terminal acetylenes is 1. The van der Waals surface area contributed by atoms with Crippen molar-refractivity contribution in [1.29, 1.82) is 0 Å². The van der Waals surface area contributed by atoms with Gasteiger partial charge in [0.05, 0.1) is 0 Å². The fourth-order valence-electron chi connectivity index (χ4n) is 0. The van der Waals surface area contributed by atoms with Crippen LogP contribution in [0.25, 0.3) is 0 Å². The summed E-state index contributed by atoms with van der Waals surface area (Å²) in [4.78, 5) is 0. The van der Waals surface area contributed by atoms with Gasteiger partial charge in [-0.15, -0.1) is 12.3 Å². The summed E-state index contributed by atoms with van der Waals surface area (Å²) in [5.74, 6) is 2.25. The topological polar surface area (TPSA) is 0 Å². The number of hydrogen-bond acceptors (Lipinski definition) is 0. The van der Waals surface area contributed by atoms with E-state index in [1.54, 1.807) is 6.92 Å². The Balaban J connectivity index is -0.0000000124. The zero-order valence-electron chi connectivity index (χ0n) is 17.5. The molecule has 0 aliphatic carbocycles. The maximum atomic E-state index is 4.60. The highest BCUT2D eigenvalue weighted by atomic mass is 13.6. The first-order valence-electron chi connectivity index (χ1n) is 8.70. The van der Waals surface area contributed by atoms with E-state index in [0.717, 1.165) is 0 Å². The Hall–Kier alpha value is -0.440. The first-order valence-corrected chi connectivity index (χ1v) is 8.70. The molecule has 19 heavy (non-hydrogen) atoms. The van der Waals surface area contributed by atoms with Crippen LogP contribution in [0.2, 0.25) is 0 Å². The molecule has 0 aliphatic rings. The first kappa shape index (κ1) is 51.3. The highest BCUT2D eigenvalue weighted by Gasteiger charge is 1.56. The van der Waals surface area contributed by atoms with Crippen molar-refractivity contribution in [2.75, 3.05) is 0 Å². The molecule has 0 fully saturated rings. The molecule has 0 heterocycles. The van der Waals surface area contributed by atoms with Gasteiger partial charge in [0.1, 0.15) is 0 Å². The summed E-state index contributed by atoms with van der Waals surface area (Å²) in [6.45, 7) is 30.0. The summed E-state index contributed by atoms with van der Waals surface area (Å²) in [7, 11) is 0. The molecule has 0 saturated heterocycles. The van der Waals surface area contributed by atoms with Crippen LogP contribution in [0.5, 0.6) is 0 Å². The predicted molar refractivity (Wildman–Crippen MR) is 103 cm³/mol. The Bertz CT molecular complexity index is 36.5. The fourth-order valence-corrected chi connectivity index (χ4v) is 0. The van der Waals surface area contributed by atoms with Gasteiger partial charge < -0.3 is 0 Å². The third-order valence-electron chi connectivity index (χ3n) is 0.500. The minimum absolute atomic E-state index is 1.32. The Labute approximate surface area is 129 Å².